The van der Waals surface area contributed by atoms with Crippen molar-refractivity contribution in [3.8, 4) is 21.7 Å². The van der Waals surface area contributed by atoms with E-state index in [1.54, 1.807) is 11.3 Å². The number of fused-ring (bicyclic) bond motifs is 1. The van der Waals surface area contributed by atoms with Gasteiger partial charge in [0, 0.05) is 11.9 Å². The van der Waals surface area contributed by atoms with Crippen LogP contribution >= 0.6 is 11.3 Å². The molecule has 0 spiro atoms. The van der Waals surface area contributed by atoms with Gasteiger partial charge in [0.05, 0.1) is 16.3 Å². The fraction of sp³-hybridized carbons (Fsp3) is 0.0741. The molecule has 0 radical (unpaired) electrons. The van der Waals surface area contributed by atoms with Gasteiger partial charge < -0.3 is 21.5 Å². The molecule has 0 N–H and O–H groups in total. The standard InChI is InChI=1S/C27H22N2S.BrH/c1-2-29-25(21-13-5-3-6-14-21)26(22-15-7-4-8-16-22)30-27(29)28-24-19-11-17-20-12-9-10-18-23(20)24;/h3-19H,2H2,1H3;1H/p-1. The largest absolute Gasteiger partial charge is 1.00 e. The summed E-state index contributed by atoms with van der Waals surface area (Å²) in [5.41, 5.74) is 4.68. The highest BCUT2D eigenvalue weighted by Crippen LogP contribution is 2.35. The second-order valence-electron chi connectivity index (χ2n) is 7.15. The normalized spacial score (nSPS) is 11.5. The highest BCUT2D eigenvalue weighted by atomic mass is 79.9. The second kappa shape index (κ2) is 9.46. The van der Waals surface area contributed by atoms with Gasteiger partial charge in [-0.1, -0.05) is 108 Å². The van der Waals surface area contributed by atoms with Gasteiger partial charge in [-0.2, -0.15) is 0 Å². The van der Waals surface area contributed by atoms with Gasteiger partial charge in [0.1, 0.15) is 0 Å². The molecule has 4 aromatic carbocycles. The van der Waals surface area contributed by atoms with Crippen LogP contribution in [0.15, 0.2) is 108 Å². The molecule has 0 saturated heterocycles. The lowest BCUT2D eigenvalue weighted by atomic mass is 10.1. The van der Waals surface area contributed by atoms with Crippen LogP contribution in [-0.4, -0.2) is 4.57 Å². The predicted molar refractivity (Wildman–Crippen MR) is 128 cm³/mol. The third-order valence-corrected chi connectivity index (χ3v) is 6.42. The van der Waals surface area contributed by atoms with E-state index in [-0.39, 0.29) is 17.0 Å². The first-order valence-corrected chi connectivity index (χ1v) is 11.0. The first-order valence-electron chi connectivity index (χ1n) is 10.2. The lowest BCUT2D eigenvalue weighted by molar-refractivity contribution is -0.00000578. The number of rotatable bonds is 4. The minimum Gasteiger partial charge on any atom is -1.00 e. The maximum Gasteiger partial charge on any atom is 0.191 e. The lowest BCUT2D eigenvalue weighted by Crippen LogP contribution is -3.00. The number of hydrogen-bond acceptors (Lipinski definition) is 2. The quantitative estimate of drug-likeness (QED) is 0.361. The average Bonchev–Trinajstić information content (AvgIpc) is 3.18. The summed E-state index contributed by atoms with van der Waals surface area (Å²) in [6.45, 7) is 3.05. The Hall–Kier alpha value is -2.95. The fourth-order valence-electron chi connectivity index (χ4n) is 3.87. The summed E-state index contributed by atoms with van der Waals surface area (Å²) in [7, 11) is 0. The molecule has 0 saturated carbocycles. The Morgan fingerprint density at radius 3 is 2.03 bits per heavy atom. The zero-order chi connectivity index (χ0) is 20.3. The summed E-state index contributed by atoms with van der Waals surface area (Å²) in [6, 6.07) is 36.0. The van der Waals surface area contributed by atoms with Crippen molar-refractivity contribution in [3.05, 3.63) is 108 Å². The predicted octanol–water partition coefficient (Wildman–Crippen LogP) is 4.29. The van der Waals surface area contributed by atoms with Crippen LogP contribution in [0.3, 0.4) is 0 Å². The summed E-state index contributed by atoms with van der Waals surface area (Å²) in [5.74, 6) is 0. The molecular weight excluding hydrogens is 464 g/mol. The molecule has 0 amide bonds. The van der Waals surface area contributed by atoms with Crippen LogP contribution in [0.5, 0.6) is 0 Å². The molecule has 0 atom stereocenters. The number of thiazole rings is 1. The molecule has 1 aromatic heterocycles. The molecule has 5 aromatic rings. The first kappa shape index (κ1) is 21.3. The Bertz CT molecular complexity index is 1360. The molecule has 5 rings (SSSR count). The molecule has 0 aliphatic rings. The SMILES string of the molecule is CCn1c(-c2ccccc2)c(-c2ccccc2)sc1=Nc1cccc2ccccc12.[Br-]. The van der Waals surface area contributed by atoms with Gasteiger partial charge in [-0.3, -0.25) is 0 Å². The van der Waals surface area contributed by atoms with E-state index in [1.807, 2.05) is 0 Å². The number of hydrogen-bond donors (Lipinski definition) is 0. The summed E-state index contributed by atoms with van der Waals surface area (Å²) in [6.07, 6.45) is 0. The van der Waals surface area contributed by atoms with Gasteiger partial charge in [-0.25, -0.2) is 4.99 Å². The number of nitrogens with zero attached hydrogens (tertiary/aromatic N) is 2. The van der Waals surface area contributed by atoms with Crippen molar-refractivity contribution in [3.63, 3.8) is 0 Å². The molecule has 4 heteroatoms. The Labute approximate surface area is 196 Å². The zero-order valence-corrected chi connectivity index (χ0v) is 19.6. The molecule has 31 heavy (non-hydrogen) atoms. The van der Waals surface area contributed by atoms with Crippen LogP contribution in [-0.2, 0) is 6.54 Å². The van der Waals surface area contributed by atoms with Crippen molar-refractivity contribution in [1.29, 1.82) is 0 Å². The topological polar surface area (TPSA) is 17.3 Å². The lowest BCUT2D eigenvalue weighted by Gasteiger charge is -2.09. The third kappa shape index (κ3) is 4.14. The van der Waals surface area contributed by atoms with Crippen molar-refractivity contribution < 1.29 is 17.0 Å². The van der Waals surface area contributed by atoms with Crippen molar-refractivity contribution in [1.82, 2.24) is 4.57 Å². The first-order chi connectivity index (χ1) is 14.8. The van der Waals surface area contributed by atoms with Crippen LogP contribution in [0.2, 0.25) is 0 Å². The van der Waals surface area contributed by atoms with Gasteiger partial charge in [-0.15, -0.1) is 0 Å². The van der Waals surface area contributed by atoms with Gasteiger partial charge in [0.2, 0.25) is 0 Å². The third-order valence-electron chi connectivity index (χ3n) is 5.29. The summed E-state index contributed by atoms with van der Waals surface area (Å²) >= 11 is 1.76. The molecule has 1 heterocycles. The molecule has 0 bridgehead atoms. The molecule has 0 aliphatic heterocycles. The number of halogens is 1. The Kier molecular flexibility index (Phi) is 6.50. The Balaban J connectivity index is 0.00000231. The smallest absolute Gasteiger partial charge is 0.191 e. The second-order valence-corrected chi connectivity index (χ2v) is 8.13. The van der Waals surface area contributed by atoms with Crippen molar-refractivity contribution in [2.75, 3.05) is 0 Å². The summed E-state index contributed by atoms with van der Waals surface area (Å²) in [5, 5.41) is 2.39. The van der Waals surface area contributed by atoms with E-state index in [0.29, 0.717) is 0 Å². The molecule has 0 aliphatic carbocycles. The summed E-state index contributed by atoms with van der Waals surface area (Å²) < 4.78 is 2.34. The van der Waals surface area contributed by atoms with E-state index >= 15 is 0 Å². The van der Waals surface area contributed by atoms with E-state index < -0.39 is 0 Å². The van der Waals surface area contributed by atoms with Gasteiger partial charge in [-0.05, 0) is 29.5 Å². The van der Waals surface area contributed by atoms with Crippen molar-refractivity contribution in [2.24, 2.45) is 4.99 Å². The minimum absolute atomic E-state index is 0. The Morgan fingerprint density at radius 1 is 0.710 bits per heavy atom. The van der Waals surface area contributed by atoms with Crippen molar-refractivity contribution in [2.45, 2.75) is 13.5 Å². The van der Waals surface area contributed by atoms with Gasteiger partial charge >= 0.3 is 0 Å². The van der Waals surface area contributed by atoms with Crippen molar-refractivity contribution >= 4 is 27.8 Å². The molecule has 154 valence electrons. The highest BCUT2D eigenvalue weighted by molar-refractivity contribution is 7.13. The Morgan fingerprint density at radius 2 is 1.32 bits per heavy atom. The van der Waals surface area contributed by atoms with E-state index in [9.17, 15) is 0 Å². The maximum atomic E-state index is 5.15. The molecule has 0 fully saturated rings. The molecule has 2 nitrogen and oxygen atoms in total. The zero-order valence-electron chi connectivity index (χ0n) is 17.2. The van der Waals surface area contributed by atoms with Crippen LogP contribution in [0.25, 0.3) is 32.5 Å². The average molecular weight is 486 g/mol. The highest BCUT2D eigenvalue weighted by Gasteiger charge is 2.16. The molecule has 0 unspecified atom stereocenters. The van der Waals surface area contributed by atoms with Gasteiger partial charge in [0.15, 0.2) is 4.80 Å². The van der Waals surface area contributed by atoms with Gasteiger partial charge in [0.25, 0.3) is 0 Å². The number of benzene rings is 4. The molecular formula is C27H22BrN2S-. The minimum atomic E-state index is 0. The van der Waals surface area contributed by atoms with E-state index in [2.05, 4.69) is 115 Å². The van der Waals surface area contributed by atoms with Crippen LogP contribution in [0.1, 0.15) is 6.92 Å². The van der Waals surface area contributed by atoms with Crippen LogP contribution in [0.4, 0.5) is 5.69 Å². The fourth-order valence-corrected chi connectivity index (χ4v) is 5.10. The van der Waals surface area contributed by atoms with Crippen LogP contribution < -0.4 is 21.8 Å². The van der Waals surface area contributed by atoms with E-state index in [1.165, 1.54) is 32.5 Å². The summed E-state index contributed by atoms with van der Waals surface area (Å²) in [4.78, 5) is 7.43. The monoisotopic (exact) mass is 485 g/mol. The van der Waals surface area contributed by atoms with E-state index in [0.717, 1.165) is 17.0 Å². The number of aromatic nitrogens is 1. The maximum absolute atomic E-state index is 5.15. The van der Waals surface area contributed by atoms with Crippen LogP contribution in [0, 0.1) is 0 Å². The van der Waals surface area contributed by atoms with E-state index in [4.69, 9.17) is 4.99 Å².